The van der Waals surface area contributed by atoms with Crippen molar-refractivity contribution in [2.45, 2.75) is 84.0 Å². The average molecular weight is 408 g/mol. The van der Waals surface area contributed by atoms with Crippen molar-refractivity contribution in [1.82, 2.24) is 0 Å². The Morgan fingerprint density at radius 1 is 0.857 bits per heavy atom. The van der Waals surface area contributed by atoms with E-state index in [1.54, 1.807) is 0 Å². The maximum absolute atomic E-state index is 10.9. The van der Waals surface area contributed by atoms with Crippen LogP contribution in [0.5, 0.6) is 0 Å². The topological polar surface area (TPSA) is 26.3 Å². The second-order valence-electron chi connectivity index (χ2n) is 5.58. The van der Waals surface area contributed by atoms with Gasteiger partial charge in [-0.2, -0.15) is 0 Å². The van der Waals surface area contributed by atoms with E-state index in [9.17, 15) is 4.79 Å². The zero-order valence-electron chi connectivity index (χ0n) is 13.7. The summed E-state index contributed by atoms with van der Waals surface area (Å²) in [5.74, 6) is -0.0839. The SMILES string of the molecule is CCCC/C=C\CCCCCCCCCCOC(=O)CI. The Bertz CT molecular complexity index is 252. The van der Waals surface area contributed by atoms with Gasteiger partial charge in [0.1, 0.15) is 0 Å². The molecule has 0 radical (unpaired) electrons. The Morgan fingerprint density at radius 3 is 1.95 bits per heavy atom. The van der Waals surface area contributed by atoms with Gasteiger partial charge in [0.25, 0.3) is 0 Å². The first-order valence-corrected chi connectivity index (χ1v) is 10.2. The van der Waals surface area contributed by atoms with Crippen molar-refractivity contribution in [2.24, 2.45) is 0 Å². The van der Waals surface area contributed by atoms with Gasteiger partial charge in [-0.3, -0.25) is 4.79 Å². The zero-order chi connectivity index (χ0) is 15.6. The second kappa shape index (κ2) is 18.0. The largest absolute Gasteiger partial charge is 0.465 e. The molecule has 0 saturated heterocycles. The number of esters is 1. The summed E-state index contributed by atoms with van der Waals surface area (Å²) in [6.45, 7) is 2.84. The molecule has 0 spiro atoms. The Morgan fingerprint density at radius 2 is 1.38 bits per heavy atom. The highest BCUT2D eigenvalue weighted by Crippen LogP contribution is 2.10. The summed E-state index contributed by atoms with van der Waals surface area (Å²) in [4.78, 5) is 10.9. The van der Waals surface area contributed by atoms with Gasteiger partial charge < -0.3 is 4.74 Å². The van der Waals surface area contributed by atoms with Crippen LogP contribution < -0.4 is 0 Å². The van der Waals surface area contributed by atoms with E-state index in [0.29, 0.717) is 11.0 Å². The maximum atomic E-state index is 10.9. The molecule has 0 N–H and O–H groups in total. The van der Waals surface area contributed by atoms with Gasteiger partial charge in [-0.1, -0.05) is 93.0 Å². The molecular weight excluding hydrogens is 375 g/mol. The van der Waals surface area contributed by atoms with Crippen LogP contribution in [0, 0.1) is 0 Å². The molecule has 0 heterocycles. The molecule has 0 rings (SSSR count). The molecule has 3 heteroatoms. The van der Waals surface area contributed by atoms with Crippen molar-refractivity contribution in [3.8, 4) is 0 Å². The van der Waals surface area contributed by atoms with Crippen LogP contribution in [-0.4, -0.2) is 17.0 Å². The average Bonchev–Trinajstić information content (AvgIpc) is 2.50. The number of ether oxygens (including phenoxy) is 1. The first-order chi connectivity index (χ1) is 10.3. The molecule has 0 aromatic heterocycles. The molecule has 0 fully saturated rings. The predicted octanol–water partition coefficient (Wildman–Crippen LogP) is 6.22. The summed E-state index contributed by atoms with van der Waals surface area (Å²) >= 11 is 2.04. The third-order valence-corrected chi connectivity index (χ3v) is 4.15. The summed E-state index contributed by atoms with van der Waals surface area (Å²) in [5, 5.41) is 0. The Kier molecular flexibility index (Phi) is 17.9. The lowest BCUT2D eigenvalue weighted by atomic mass is 10.1. The lowest BCUT2D eigenvalue weighted by Gasteiger charge is -2.03. The van der Waals surface area contributed by atoms with E-state index in [0.717, 1.165) is 6.42 Å². The molecule has 0 atom stereocenters. The first kappa shape index (κ1) is 20.9. The summed E-state index contributed by atoms with van der Waals surface area (Å²) in [6.07, 6.45) is 20.1. The van der Waals surface area contributed by atoms with Gasteiger partial charge in [0.05, 0.1) is 11.0 Å². The van der Waals surface area contributed by atoms with Crippen LogP contribution in [0.15, 0.2) is 12.2 Å². The predicted molar refractivity (Wildman–Crippen MR) is 100 cm³/mol. The first-order valence-electron chi connectivity index (χ1n) is 8.67. The molecule has 0 unspecified atom stereocenters. The summed E-state index contributed by atoms with van der Waals surface area (Å²) in [5.41, 5.74) is 0. The molecule has 0 aliphatic carbocycles. The van der Waals surface area contributed by atoms with Gasteiger partial charge in [-0.25, -0.2) is 0 Å². The van der Waals surface area contributed by atoms with E-state index >= 15 is 0 Å². The minimum absolute atomic E-state index is 0.0839. The van der Waals surface area contributed by atoms with Crippen molar-refractivity contribution in [1.29, 1.82) is 0 Å². The van der Waals surface area contributed by atoms with Gasteiger partial charge in [0, 0.05) is 0 Å². The van der Waals surface area contributed by atoms with Crippen LogP contribution in [-0.2, 0) is 9.53 Å². The lowest BCUT2D eigenvalue weighted by molar-refractivity contribution is -0.140. The van der Waals surface area contributed by atoms with Crippen LogP contribution >= 0.6 is 22.6 Å². The van der Waals surface area contributed by atoms with Gasteiger partial charge in [-0.05, 0) is 25.7 Å². The van der Waals surface area contributed by atoms with Crippen molar-refractivity contribution >= 4 is 28.6 Å². The summed E-state index contributed by atoms with van der Waals surface area (Å²) in [6, 6.07) is 0. The van der Waals surface area contributed by atoms with Crippen molar-refractivity contribution in [3.63, 3.8) is 0 Å². The van der Waals surface area contributed by atoms with E-state index in [2.05, 4.69) is 19.1 Å². The highest BCUT2D eigenvalue weighted by atomic mass is 127. The fraction of sp³-hybridized carbons (Fsp3) is 0.833. The summed E-state index contributed by atoms with van der Waals surface area (Å²) < 4.78 is 5.51. The molecule has 0 aliphatic rings. The van der Waals surface area contributed by atoms with E-state index in [4.69, 9.17) is 4.74 Å². The third kappa shape index (κ3) is 17.9. The van der Waals surface area contributed by atoms with E-state index in [-0.39, 0.29) is 5.97 Å². The van der Waals surface area contributed by atoms with Crippen molar-refractivity contribution in [3.05, 3.63) is 12.2 Å². The van der Waals surface area contributed by atoms with Crippen LogP contribution in [0.2, 0.25) is 0 Å². The fourth-order valence-electron chi connectivity index (χ4n) is 2.21. The van der Waals surface area contributed by atoms with Gasteiger partial charge in [0.15, 0.2) is 0 Å². The van der Waals surface area contributed by atoms with E-state index < -0.39 is 0 Å². The van der Waals surface area contributed by atoms with Crippen molar-refractivity contribution < 1.29 is 9.53 Å². The Balaban J connectivity index is 3.06. The van der Waals surface area contributed by atoms with Crippen molar-refractivity contribution in [2.75, 3.05) is 11.0 Å². The minimum atomic E-state index is -0.0839. The highest BCUT2D eigenvalue weighted by Gasteiger charge is 1.98. The van der Waals surface area contributed by atoms with Gasteiger partial charge in [0.2, 0.25) is 0 Å². The molecule has 2 nitrogen and oxygen atoms in total. The molecule has 0 aromatic rings. The molecule has 0 amide bonds. The molecule has 0 bridgehead atoms. The molecular formula is C18H33IO2. The third-order valence-electron chi connectivity index (χ3n) is 3.53. The number of carbonyl (C=O) groups is 1. The van der Waals surface area contributed by atoms with Gasteiger partial charge in [-0.15, -0.1) is 0 Å². The second-order valence-corrected chi connectivity index (χ2v) is 6.35. The quantitative estimate of drug-likeness (QED) is 0.106. The highest BCUT2D eigenvalue weighted by molar-refractivity contribution is 14.1. The maximum Gasteiger partial charge on any atom is 0.315 e. The number of allylic oxidation sites excluding steroid dienone is 2. The lowest BCUT2D eigenvalue weighted by Crippen LogP contribution is -2.06. The monoisotopic (exact) mass is 408 g/mol. The zero-order valence-corrected chi connectivity index (χ0v) is 15.9. The number of alkyl halides is 1. The Hall–Kier alpha value is -0.0600. The fourth-order valence-corrected chi connectivity index (χ4v) is 2.43. The van der Waals surface area contributed by atoms with Crippen LogP contribution in [0.25, 0.3) is 0 Å². The molecule has 0 saturated carbocycles. The number of unbranched alkanes of at least 4 members (excludes halogenated alkanes) is 10. The van der Waals surface area contributed by atoms with Gasteiger partial charge >= 0.3 is 5.97 Å². The molecule has 0 aromatic carbocycles. The smallest absolute Gasteiger partial charge is 0.315 e. The summed E-state index contributed by atoms with van der Waals surface area (Å²) in [7, 11) is 0. The number of hydrogen-bond acceptors (Lipinski definition) is 2. The molecule has 21 heavy (non-hydrogen) atoms. The van der Waals surface area contributed by atoms with Crippen LogP contribution in [0.1, 0.15) is 84.0 Å². The molecule has 0 aliphatic heterocycles. The number of halogens is 1. The van der Waals surface area contributed by atoms with Crippen LogP contribution in [0.4, 0.5) is 0 Å². The van der Waals surface area contributed by atoms with E-state index in [1.165, 1.54) is 70.6 Å². The minimum Gasteiger partial charge on any atom is -0.465 e. The van der Waals surface area contributed by atoms with Crippen LogP contribution in [0.3, 0.4) is 0 Å². The normalized spacial score (nSPS) is 11.1. The standard InChI is InChI=1S/C18H33IO2/c1-2-3-4-5-6-7-8-9-10-11-12-13-14-15-16-21-18(20)17-19/h5-6H,2-4,7-17H2,1H3/b6-5-. The van der Waals surface area contributed by atoms with E-state index in [1.807, 2.05) is 22.6 Å². The number of hydrogen-bond donors (Lipinski definition) is 0. The number of carbonyl (C=O) groups excluding carboxylic acids is 1. The molecule has 124 valence electrons. The number of rotatable bonds is 15. The Labute approximate surface area is 145 Å².